The number of hydrogen-bond donors (Lipinski definition) is 1. The van der Waals surface area contributed by atoms with Gasteiger partial charge in [0, 0.05) is 0 Å². The summed E-state index contributed by atoms with van der Waals surface area (Å²) in [5.74, 6) is 2.77. The first-order valence-electron chi connectivity index (χ1n) is 5.43. The molecule has 4 atom stereocenters. The lowest BCUT2D eigenvalue weighted by Crippen LogP contribution is -2.09. The van der Waals surface area contributed by atoms with Gasteiger partial charge in [0.05, 0.1) is 6.10 Å². The van der Waals surface area contributed by atoms with Crippen LogP contribution in [0.3, 0.4) is 0 Å². The van der Waals surface area contributed by atoms with Crippen molar-refractivity contribution in [3.8, 4) is 0 Å². The average molecular weight is 168 g/mol. The van der Waals surface area contributed by atoms with Gasteiger partial charge in [-0.1, -0.05) is 13.3 Å². The highest BCUT2D eigenvalue weighted by atomic mass is 16.3. The van der Waals surface area contributed by atoms with Crippen molar-refractivity contribution < 1.29 is 5.11 Å². The summed E-state index contributed by atoms with van der Waals surface area (Å²) in [5, 5.41) is 9.43. The normalized spacial score (nSPS) is 48.5. The molecule has 0 saturated heterocycles. The minimum atomic E-state index is 0.0332. The van der Waals surface area contributed by atoms with Crippen molar-refractivity contribution in [3.63, 3.8) is 0 Å². The summed E-state index contributed by atoms with van der Waals surface area (Å²) < 4.78 is 0. The van der Waals surface area contributed by atoms with Crippen molar-refractivity contribution in [3.05, 3.63) is 0 Å². The monoisotopic (exact) mass is 168 g/mol. The molecular weight excluding hydrogens is 148 g/mol. The van der Waals surface area contributed by atoms with Crippen molar-refractivity contribution in [1.29, 1.82) is 0 Å². The van der Waals surface area contributed by atoms with Gasteiger partial charge in [-0.25, -0.2) is 0 Å². The van der Waals surface area contributed by atoms with Gasteiger partial charge >= 0.3 is 0 Å². The van der Waals surface area contributed by atoms with E-state index in [1.165, 1.54) is 25.7 Å². The van der Waals surface area contributed by atoms with E-state index in [1.54, 1.807) is 0 Å². The van der Waals surface area contributed by atoms with Crippen molar-refractivity contribution in [1.82, 2.24) is 0 Å². The minimum absolute atomic E-state index is 0.0332. The molecule has 2 saturated carbocycles. The minimum Gasteiger partial charge on any atom is -0.393 e. The van der Waals surface area contributed by atoms with Crippen molar-refractivity contribution >= 4 is 0 Å². The molecular formula is C11H20O. The van der Waals surface area contributed by atoms with Crippen LogP contribution < -0.4 is 0 Å². The molecule has 2 aliphatic carbocycles. The highest BCUT2D eigenvalue weighted by molar-refractivity contribution is 4.84. The average Bonchev–Trinajstić information content (AvgIpc) is 2.58. The zero-order chi connectivity index (χ0) is 8.55. The summed E-state index contributed by atoms with van der Waals surface area (Å²) in [5.41, 5.74) is 0. The molecule has 0 amide bonds. The summed E-state index contributed by atoms with van der Waals surface area (Å²) in [6, 6.07) is 0. The van der Waals surface area contributed by atoms with Crippen LogP contribution in [0, 0.1) is 17.8 Å². The Hall–Kier alpha value is -0.0400. The molecule has 70 valence electrons. The summed E-state index contributed by atoms with van der Waals surface area (Å²) >= 11 is 0. The van der Waals surface area contributed by atoms with Crippen LogP contribution in [0.2, 0.25) is 0 Å². The fourth-order valence-electron chi connectivity index (χ4n) is 3.10. The molecule has 2 rings (SSSR count). The number of rotatable bonds is 1. The van der Waals surface area contributed by atoms with Gasteiger partial charge in [0.2, 0.25) is 0 Å². The first-order chi connectivity index (χ1) is 5.75. The molecule has 0 aromatic rings. The third-order valence-corrected chi connectivity index (χ3v) is 3.85. The summed E-state index contributed by atoms with van der Waals surface area (Å²) in [6.45, 7) is 2.37. The smallest absolute Gasteiger partial charge is 0.0543 e. The van der Waals surface area contributed by atoms with E-state index in [0.717, 1.165) is 30.6 Å². The molecule has 0 aromatic carbocycles. The maximum Gasteiger partial charge on any atom is 0.0543 e. The van der Waals surface area contributed by atoms with E-state index in [0.29, 0.717) is 0 Å². The highest BCUT2D eigenvalue weighted by Gasteiger charge is 2.33. The standard InChI is InChI=1S/C11H20O/c1-8-2-3-9(6-8)10-4-5-11(12)7-10/h8-12H,2-7H2,1H3. The Balaban J connectivity index is 1.85. The van der Waals surface area contributed by atoms with Crippen LogP contribution in [0.1, 0.15) is 45.4 Å². The molecule has 0 aromatic heterocycles. The van der Waals surface area contributed by atoms with E-state index < -0.39 is 0 Å². The quantitative estimate of drug-likeness (QED) is 0.638. The zero-order valence-electron chi connectivity index (χ0n) is 8.00. The van der Waals surface area contributed by atoms with Crippen LogP contribution in [0.15, 0.2) is 0 Å². The predicted molar refractivity (Wildman–Crippen MR) is 49.9 cm³/mol. The molecule has 2 fully saturated rings. The van der Waals surface area contributed by atoms with E-state index in [4.69, 9.17) is 0 Å². The summed E-state index contributed by atoms with van der Waals surface area (Å²) in [4.78, 5) is 0. The lowest BCUT2D eigenvalue weighted by atomic mass is 9.89. The van der Waals surface area contributed by atoms with Crippen LogP contribution in [0.5, 0.6) is 0 Å². The summed E-state index contributed by atoms with van der Waals surface area (Å²) in [6.07, 6.45) is 7.77. The molecule has 12 heavy (non-hydrogen) atoms. The number of aliphatic hydroxyl groups excluding tert-OH is 1. The second-order valence-electron chi connectivity index (χ2n) is 4.91. The van der Waals surface area contributed by atoms with Crippen LogP contribution >= 0.6 is 0 Å². The Morgan fingerprint density at radius 2 is 1.58 bits per heavy atom. The fourth-order valence-corrected chi connectivity index (χ4v) is 3.10. The van der Waals surface area contributed by atoms with Gasteiger partial charge in [-0.2, -0.15) is 0 Å². The molecule has 0 spiro atoms. The molecule has 0 heterocycles. The van der Waals surface area contributed by atoms with Gasteiger partial charge in [-0.05, 0) is 49.9 Å². The van der Waals surface area contributed by atoms with E-state index in [2.05, 4.69) is 6.92 Å². The largest absolute Gasteiger partial charge is 0.393 e. The van der Waals surface area contributed by atoms with Gasteiger partial charge in [-0.3, -0.25) is 0 Å². The maximum atomic E-state index is 9.43. The van der Waals surface area contributed by atoms with Crippen LogP contribution in [-0.4, -0.2) is 11.2 Å². The van der Waals surface area contributed by atoms with Crippen LogP contribution in [0.4, 0.5) is 0 Å². The Morgan fingerprint density at radius 1 is 0.917 bits per heavy atom. The topological polar surface area (TPSA) is 20.2 Å². The van der Waals surface area contributed by atoms with Crippen LogP contribution in [0.25, 0.3) is 0 Å². The SMILES string of the molecule is CC1CCC(C2CCC(O)C2)C1. The molecule has 1 heteroatoms. The molecule has 1 N–H and O–H groups in total. The molecule has 0 bridgehead atoms. The molecule has 1 nitrogen and oxygen atoms in total. The fraction of sp³-hybridized carbons (Fsp3) is 1.00. The van der Waals surface area contributed by atoms with E-state index in [-0.39, 0.29) is 6.10 Å². The van der Waals surface area contributed by atoms with E-state index in [1.807, 2.05) is 0 Å². The highest BCUT2D eigenvalue weighted by Crippen LogP contribution is 2.42. The van der Waals surface area contributed by atoms with Crippen molar-refractivity contribution in [2.45, 2.75) is 51.6 Å². The second kappa shape index (κ2) is 3.37. The first-order valence-corrected chi connectivity index (χ1v) is 5.43. The summed E-state index contributed by atoms with van der Waals surface area (Å²) in [7, 11) is 0. The van der Waals surface area contributed by atoms with Gasteiger partial charge in [-0.15, -0.1) is 0 Å². The molecule has 0 aliphatic heterocycles. The first kappa shape index (κ1) is 8.55. The van der Waals surface area contributed by atoms with Gasteiger partial charge < -0.3 is 5.11 Å². The lowest BCUT2D eigenvalue weighted by molar-refractivity contribution is 0.170. The van der Waals surface area contributed by atoms with E-state index >= 15 is 0 Å². The van der Waals surface area contributed by atoms with Gasteiger partial charge in [0.25, 0.3) is 0 Å². The van der Waals surface area contributed by atoms with Gasteiger partial charge in [0.1, 0.15) is 0 Å². The molecule has 4 unspecified atom stereocenters. The number of aliphatic hydroxyl groups is 1. The maximum absolute atomic E-state index is 9.43. The van der Waals surface area contributed by atoms with Crippen LogP contribution in [-0.2, 0) is 0 Å². The third-order valence-electron chi connectivity index (χ3n) is 3.85. The lowest BCUT2D eigenvalue weighted by Gasteiger charge is -2.17. The Kier molecular flexibility index (Phi) is 2.40. The molecule has 2 aliphatic rings. The predicted octanol–water partition coefficient (Wildman–Crippen LogP) is 2.58. The Labute approximate surface area is 75.2 Å². The Morgan fingerprint density at radius 3 is 2.08 bits per heavy atom. The third kappa shape index (κ3) is 1.66. The molecule has 0 radical (unpaired) electrons. The van der Waals surface area contributed by atoms with Gasteiger partial charge in [0.15, 0.2) is 0 Å². The van der Waals surface area contributed by atoms with Crippen molar-refractivity contribution in [2.75, 3.05) is 0 Å². The Bertz CT molecular complexity index is 137. The zero-order valence-corrected chi connectivity index (χ0v) is 8.00. The number of hydrogen-bond acceptors (Lipinski definition) is 1. The van der Waals surface area contributed by atoms with E-state index in [9.17, 15) is 5.11 Å². The van der Waals surface area contributed by atoms with Crippen molar-refractivity contribution in [2.24, 2.45) is 17.8 Å². The second-order valence-corrected chi connectivity index (χ2v) is 4.91.